The summed E-state index contributed by atoms with van der Waals surface area (Å²) in [5.74, 6) is -0.710. The molecule has 0 heterocycles. The van der Waals surface area contributed by atoms with Crippen LogP contribution in [0.3, 0.4) is 0 Å². The number of nitriles is 1. The van der Waals surface area contributed by atoms with Gasteiger partial charge < -0.3 is 10.5 Å². The first-order chi connectivity index (χ1) is 9.28. The van der Waals surface area contributed by atoms with Crippen molar-refractivity contribution in [2.45, 2.75) is 12.2 Å². The molecule has 0 aliphatic rings. The van der Waals surface area contributed by atoms with Gasteiger partial charge in [0, 0.05) is 0 Å². The first-order valence-corrected chi connectivity index (χ1v) is 5.46. The van der Waals surface area contributed by atoms with Crippen molar-refractivity contribution in [1.82, 2.24) is 5.32 Å². The van der Waals surface area contributed by atoms with Gasteiger partial charge >= 0.3 is 6.18 Å². The van der Waals surface area contributed by atoms with E-state index in [9.17, 15) is 18.0 Å². The van der Waals surface area contributed by atoms with Crippen LogP contribution < -0.4 is 15.8 Å². The lowest BCUT2D eigenvalue weighted by molar-refractivity contribution is -0.130. The molecule has 0 saturated heterocycles. The Morgan fingerprint density at radius 2 is 2.20 bits per heavy atom. The van der Waals surface area contributed by atoms with Crippen LogP contribution in [-0.4, -0.2) is 25.7 Å². The Labute approximate surface area is 113 Å². The van der Waals surface area contributed by atoms with E-state index in [2.05, 4.69) is 0 Å². The smallest absolute Gasteiger partial charge is 0.401 e. The van der Waals surface area contributed by atoms with Gasteiger partial charge in [0.05, 0.1) is 19.2 Å². The first kappa shape index (κ1) is 15.8. The predicted octanol–water partition coefficient (Wildman–Crippen LogP) is 1.25. The molecule has 1 amide bonds. The van der Waals surface area contributed by atoms with Crippen LogP contribution in [0.1, 0.15) is 17.2 Å². The number of hydrogen-bond donors (Lipinski definition) is 2. The molecule has 5 nitrogen and oxygen atoms in total. The molecular weight excluding hydrogens is 275 g/mol. The van der Waals surface area contributed by atoms with Crippen molar-refractivity contribution in [2.75, 3.05) is 13.7 Å². The van der Waals surface area contributed by atoms with Gasteiger partial charge in [-0.15, -0.1) is 0 Å². The van der Waals surface area contributed by atoms with Crippen LogP contribution in [0, 0.1) is 11.3 Å². The van der Waals surface area contributed by atoms with Crippen molar-refractivity contribution >= 4 is 5.91 Å². The Morgan fingerprint density at radius 1 is 1.55 bits per heavy atom. The summed E-state index contributed by atoms with van der Waals surface area (Å²) < 4.78 is 41.4. The molecule has 1 aromatic rings. The SMILES string of the molecule is COc1ccc(C(NCC(F)(F)F)C(N)=O)cc1C#N. The number of primary amides is 1. The number of carbonyl (C=O) groups is 1. The summed E-state index contributed by atoms with van der Waals surface area (Å²) in [5.41, 5.74) is 5.34. The second kappa shape index (κ2) is 6.25. The molecular formula is C12H12F3N3O2. The summed E-state index contributed by atoms with van der Waals surface area (Å²) in [6.07, 6.45) is -4.47. The fraction of sp³-hybridized carbons (Fsp3) is 0.333. The number of nitrogens with zero attached hydrogens (tertiary/aromatic N) is 1. The maximum absolute atomic E-state index is 12.2. The number of alkyl halides is 3. The monoisotopic (exact) mass is 287 g/mol. The van der Waals surface area contributed by atoms with Crippen LogP contribution in [0.2, 0.25) is 0 Å². The zero-order valence-corrected chi connectivity index (χ0v) is 10.5. The van der Waals surface area contributed by atoms with Crippen LogP contribution in [0.4, 0.5) is 13.2 Å². The zero-order chi connectivity index (χ0) is 15.3. The number of halogens is 3. The van der Waals surface area contributed by atoms with Gasteiger partial charge in [-0.3, -0.25) is 10.1 Å². The average Bonchev–Trinajstić information content (AvgIpc) is 2.36. The lowest BCUT2D eigenvalue weighted by atomic mass is 10.0. The summed E-state index contributed by atoms with van der Waals surface area (Å²) in [5, 5.41) is 10.9. The summed E-state index contributed by atoms with van der Waals surface area (Å²) in [7, 11) is 1.35. The molecule has 0 radical (unpaired) electrons. The van der Waals surface area contributed by atoms with E-state index in [0.717, 1.165) is 0 Å². The molecule has 3 N–H and O–H groups in total. The first-order valence-electron chi connectivity index (χ1n) is 5.46. The topological polar surface area (TPSA) is 88.1 Å². The second-order valence-electron chi connectivity index (χ2n) is 3.90. The van der Waals surface area contributed by atoms with Crippen LogP contribution in [0.15, 0.2) is 18.2 Å². The largest absolute Gasteiger partial charge is 0.495 e. The summed E-state index contributed by atoms with van der Waals surface area (Å²) in [4.78, 5) is 11.2. The molecule has 0 aliphatic heterocycles. The van der Waals surface area contributed by atoms with E-state index in [1.54, 1.807) is 0 Å². The van der Waals surface area contributed by atoms with Gasteiger partial charge in [-0.25, -0.2) is 0 Å². The van der Waals surface area contributed by atoms with E-state index in [1.807, 2.05) is 11.4 Å². The van der Waals surface area contributed by atoms with E-state index in [1.165, 1.54) is 25.3 Å². The fourth-order valence-corrected chi connectivity index (χ4v) is 1.59. The van der Waals surface area contributed by atoms with Crippen molar-refractivity contribution in [3.8, 4) is 11.8 Å². The maximum Gasteiger partial charge on any atom is 0.401 e. The number of ether oxygens (including phenoxy) is 1. The lowest BCUT2D eigenvalue weighted by Gasteiger charge is -2.17. The van der Waals surface area contributed by atoms with Gasteiger partial charge in [-0.1, -0.05) is 6.07 Å². The average molecular weight is 287 g/mol. The number of nitrogens with one attached hydrogen (secondary N) is 1. The maximum atomic E-state index is 12.2. The molecule has 0 aromatic heterocycles. The number of methoxy groups -OCH3 is 1. The van der Waals surface area contributed by atoms with E-state index in [-0.39, 0.29) is 16.9 Å². The van der Waals surface area contributed by atoms with Gasteiger partial charge in [0.15, 0.2) is 0 Å². The van der Waals surface area contributed by atoms with E-state index in [4.69, 9.17) is 15.7 Å². The highest BCUT2D eigenvalue weighted by molar-refractivity contribution is 5.81. The molecule has 0 bridgehead atoms. The molecule has 1 rings (SSSR count). The van der Waals surface area contributed by atoms with E-state index < -0.39 is 24.7 Å². The van der Waals surface area contributed by atoms with Crippen molar-refractivity contribution < 1.29 is 22.7 Å². The molecule has 0 spiro atoms. The van der Waals surface area contributed by atoms with Crippen LogP contribution in [0.5, 0.6) is 5.75 Å². The van der Waals surface area contributed by atoms with Gasteiger partial charge in [-0.05, 0) is 17.7 Å². The predicted molar refractivity (Wildman–Crippen MR) is 63.7 cm³/mol. The van der Waals surface area contributed by atoms with Crippen LogP contribution >= 0.6 is 0 Å². The number of benzene rings is 1. The normalized spacial score (nSPS) is 12.6. The van der Waals surface area contributed by atoms with Gasteiger partial charge in [0.1, 0.15) is 17.9 Å². The number of nitrogens with two attached hydrogens (primary N) is 1. The molecule has 20 heavy (non-hydrogen) atoms. The number of carbonyl (C=O) groups excluding carboxylic acids is 1. The van der Waals surface area contributed by atoms with Gasteiger partial charge in [0.25, 0.3) is 0 Å². The quantitative estimate of drug-likeness (QED) is 0.853. The molecule has 0 fully saturated rings. The number of rotatable bonds is 5. The Balaban J connectivity index is 3.04. The minimum Gasteiger partial charge on any atom is -0.495 e. The zero-order valence-electron chi connectivity index (χ0n) is 10.5. The summed E-state index contributed by atoms with van der Waals surface area (Å²) in [6, 6.07) is 4.51. The molecule has 1 unspecified atom stereocenters. The van der Waals surface area contributed by atoms with Gasteiger partial charge in [-0.2, -0.15) is 18.4 Å². The Morgan fingerprint density at radius 3 is 2.65 bits per heavy atom. The minimum atomic E-state index is -4.47. The molecule has 0 saturated carbocycles. The van der Waals surface area contributed by atoms with E-state index >= 15 is 0 Å². The van der Waals surface area contributed by atoms with Crippen LogP contribution in [0.25, 0.3) is 0 Å². The third-order valence-corrected chi connectivity index (χ3v) is 2.47. The third-order valence-electron chi connectivity index (χ3n) is 2.47. The van der Waals surface area contributed by atoms with Crippen LogP contribution in [-0.2, 0) is 4.79 Å². The van der Waals surface area contributed by atoms with Crippen molar-refractivity contribution in [3.63, 3.8) is 0 Å². The Kier molecular flexibility index (Phi) is 4.94. The highest BCUT2D eigenvalue weighted by Crippen LogP contribution is 2.23. The van der Waals surface area contributed by atoms with E-state index in [0.29, 0.717) is 0 Å². The Hall–Kier alpha value is -2.27. The molecule has 1 atom stereocenters. The van der Waals surface area contributed by atoms with Gasteiger partial charge in [0.2, 0.25) is 5.91 Å². The summed E-state index contributed by atoms with van der Waals surface area (Å²) in [6.45, 7) is -1.37. The number of amides is 1. The third kappa shape index (κ3) is 4.13. The molecule has 108 valence electrons. The van der Waals surface area contributed by atoms with Crippen molar-refractivity contribution in [3.05, 3.63) is 29.3 Å². The molecule has 8 heteroatoms. The van der Waals surface area contributed by atoms with Crippen molar-refractivity contribution in [2.24, 2.45) is 5.73 Å². The summed E-state index contributed by atoms with van der Waals surface area (Å²) >= 11 is 0. The molecule has 1 aromatic carbocycles. The highest BCUT2D eigenvalue weighted by Gasteiger charge is 2.30. The highest BCUT2D eigenvalue weighted by atomic mass is 19.4. The Bertz CT molecular complexity index is 538. The standard InChI is InChI=1S/C12H12F3N3O2/c1-20-9-3-2-7(4-8(9)5-16)10(11(17)19)18-6-12(13,14)15/h2-4,10,18H,6H2,1H3,(H2,17,19). The lowest BCUT2D eigenvalue weighted by Crippen LogP contribution is -2.39. The fourth-order valence-electron chi connectivity index (χ4n) is 1.59. The minimum absolute atomic E-state index is 0.102. The second-order valence-corrected chi connectivity index (χ2v) is 3.90. The molecule has 0 aliphatic carbocycles. The van der Waals surface area contributed by atoms with Crippen molar-refractivity contribution in [1.29, 1.82) is 5.26 Å². The number of hydrogen-bond acceptors (Lipinski definition) is 4.